The number of ether oxygens (including phenoxy) is 1. The van der Waals surface area contributed by atoms with E-state index in [1.807, 2.05) is 42.3 Å². The van der Waals surface area contributed by atoms with Gasteiger partial charge in [0, 0.05) is 13.1 Å². The fourth-order valence-corrected chi connectivity index (χ4v) is 2.33. The summed E-state index contributed by atoms with van der Waals surface area (Å²) in [5.74, 6) is 0.0721. The van der Waals surface area contributed by atoms with Crippen molar-refractivity contribution >= 4 is 5.91 Å². The van der Waals surface area contributed by atoms with Crippen molar-refractivity contribution in [2.24, 2.45) is 0 Å². The number of hydrogen-bond acceptors (Lipinski definition) is 3. The smallest absolute Gasteiger partial charge is 0.248 e. The van der Waals surface area contributed by atoms with Crippen LogP contribution in [0.25, 0.3) is 0 Å². The first-order valence-corrected chi connectivity index (χ1v) is 6.85. The Morgan fingerprint density at radius 3 is 2.68 bits per heavy atom. The Kier molecular flexibility index (Phi) is 5.36. The summed E-state index contributed by atoms with van der Waals surface area (Å²) in [7, 11) is 1.88. The monoisotopic (exact) mass is 262 g/mol. The van der Waals surface area contributed by atoms with Crippen molar-refractivity contribution in [3.63, 3.8) is 0 Å². The SMILES string of the molecule is CN(C(=O)COCc1ccccc1)C1CCNCC1. The number of piperidine rings is 1. The number of likely N-dealkylation sites (N-methyl/N-ethyl adjacent to an activating group) is 1. The van der Waals surface area contributed by atoms with Crippen molar-refractivity contribution in [3.05, 3.63) is 35.9 Å². The molecule has 1 aromatic carbocycles. The molecule has 2 rings (SSSR count). The van der Waals surface area contributed by atoms with Crippen molar-refractivity contribution in [3.8, 4) is 0 Å². The zero-order valence-corrected chi connectivity index (χ0v) is 11.5. The highest BCUT2D eigenvalue weighted by atomic mass is 16.5. The molecule has 19 heavy (non-hydrogen) atoms. The molecule has 0 bridgehead atoms. The number of nitrogens with zero attached hydrogens (tertiary/aromatic N) is 1. The maximum absolute atomic E-state index is 12.0. The van der Waals surface area contributed by atoms with E-state index in [1.165, 1.54) is 0 Å². The largest absolute Gasteiger partial charge is 0.367 e. The minimum absolute atomic E-state index is 0.0721. The van der Waals surface area contributed by atoms with Crippen molar-refractivity contribution in [1.29, 1.82) is 0 Å². The van der Waals surface area contributed by atoms with E-state index in [0.29, 0.717) is 12.6 Å². The summed E-state index contributed by atoms with van der Waals surface area (Å²) in [6, 6.07) is 10.3. The zero-order valence-electron chi connectivity index (χ0n) is 11.5. The Labute approximate surface area is 114 Å². The molecule has 1 saturated heterocycles. The van der Waals surface area contributed by atoms with Gasteiger partial charge in [-0.2, -0.15) is 0 Å². The van der Waals surface area contributed by atoms with Crippen LogP contribution < -0.4 is 5.32 Å². The van der Waals surface area contributed by atoms with Gasteiger partial charge in [-0.05, 0) is 31.5 Å². The van der Waals surface area contributed by atoms with Crippen LogP contribution in [-0.4, -0.2) is 43.6 Å². The number of nitrogens with one attached hydrogen (secondary N) is 1. The zero-order chi connectivity index (χ0) is 13.5. The molecule has 1 fully saturated rings. The molecule has 0 radical (unpaired) electrons. The van der Waals surface area contributed by atoms with Crippen LogP contribution in [0.2, 0.25) is 0 Å². The average Bonchev–Trinajstić information content (AvgIpc) is 2.48. The highest BCUT2D eigenvalue weighted by Gasteiger charge is 2.21. The van der Waals surface area contributed by atoms with Gasteiger partial charge in [-0.1, -0.05) is 30.3 Å². The van der Waals surface area contributed by atoms with Gasteiger partial charge in [0.1, 0.15) is 6.61 Å². The summed E-state index contributed by atoms with van der Waals surface area (Å²) >= 11 is 0. The summed E-state index contributed by atoms with van der Waals surface area (Å²) in [6.07, 6.45) is 2.06. The Bertz CT molecular complexity index is 388. The molecule has 0 aliphatic carbocycles. The van der Waals surface area contributed by atoms with Crippen molar-refractivity contribution in [2.75, 3.05) is 26.7 Å². The third-order valence-electron chi connectivity index (χ3n) is 3.59. The Hall–Kier alpha value is -1.39. The highest BCUT2D eigenvalue weighted by molar-refractivity contribution is 5.77. The Morgan fingerprint density at radius 2 is 2.00 bits per heavy atom. The van der Waals surface area contributed by atoms with E-state index >= 15 is 0 Å². The molecule has 0 aromatic heterocycles. The summed E-state index contributed by atoms with van der Waals surface area (Å²) < 4.78 is 5.49. The standard InChI is InChI=1S/C15H22N2O2/c1-17(14-7-9-16-10-8-14)15(18)12-19-11-13-5-3-2-4-6-13/h2-6,14,16H,7-12H2,1H3. The van der Waals surface area contributed by atoms with E-state index in [1.54, 1.807) is 0 Å². The molecule has 1 aromatic rings. The molecule has 0 spiro atoms. The molecule has 0 saturated carbocycles. The van der Waals surface area contributed by atoms with Crippen molar-refractivity contribution in [1.82, 2.24) is 10.2 Å². The number of carbonyl (C=O) groups is 1. The normalized spacial score (nSPS) is 16.3. The number of benzene rings is 1. The fourth-order valence-electron chi connectivity index (χ4n) is 2.33. The predicted molar refractivity (Wildman–Crippen MR) is 74.8 cm³/mol. The van der Waals surface area contributed by atoms with Gasteiger partial charge in [-0.25, -0.2) is 0 Å². The van der Waals surface area contributed by atoms with E-state index in [0.717, 1.165) is 31.5 Å². The van der Waals surface area contributed by atoms with Crippen molar-refractivity contribution in [2.45, 2.75) is 25.5 Å². The lowest BCUT2D eigenvalue weighted by atomic mass is 10.1. The van der Waals surface area contributed by atoms with Gasteiger partial charge in [0.05, 0.1) is 6.61 Å². The molecular formula is C15H22N2O2. The molecule has 1 N–H and O–H groups in total. The van der Waals surface area contributed by atoms with Crippen LogP contribution in [0.1, 0.15) is 18.4 Å². The molecule has 4 heteroatoms. The molecule has 1 heterocycles. The molecule has 1 aliphatic rings. The van der Waals surface area contributed by atoms with Gasteiger partial charge >= 0.3 is 0 Å². The summed E-state index contributed by atoms with van der Waals surface area (Å²) in [5, 5.41) is 3.30. The molecular weight excluding hydrogens is 240 g/mol. The number of hydrogen-bond donors (Lipinski definition) is 1. The lowest BCUT2D eigenvalue weighted by Crippen LogP contribution is -2.45. The van der Waals surface area contributed by atoms with Crippen LogP contribution in [0.3, 0.4) is 0 Å². The Morgan fingerprint density at radius 1 is 1.32 bits per heavy atom. The van der Waals surface area contributed by atoms with E-state index in [2.05, 4.69) is 5.32 Å². The molecule has 4 nitrogen and oxygen atoms in total. The number of rotatable bonds is 5. The second kappa shape index (κ2) is 7.26. The number of amides is 1. The molecule has 104 valence electrons. The maximum atomic E-state index is 12.0. The van der Waals surface area contributed by atoms with Gasteiger partial charge in [0.25, 0.3) is 0 Å². The van der Waals surface area contributed by atoms with Crippen LogP contribution in [0, 0.1) is 0 Å². The minimum atomic E-state index is 0.0721. The van der Waals surface area contributed by atoms with Gasteiger partial charge in [-0.3, -0.25) is 4.79 Å². The van der Waals surface area contributed by atoms with E-state index in [-0.39, 0.29) is 12.5 Å². The van der Waals surface area contributed by atoms with Crippen LogP contribution >= 0.6 is 0 Å². The van der Waals surface area contributed by atoms with E-state index in [9.17, 15) is 4.79 Å². The van der Waals surface area contributed by atoms with E-state index < -0.39 is 0 Å². The maximum Gasteiger partial charge on any atom is 0.248 e. The quantitative estimate of drug-likeness (QED) is 0.872. The second-order valence-electron chi connectivity index (χ2n) is 4.96. The van der Waals surface area contributed by atoms with Gasteiger partial charge in [0.15, 0.2) is 0 Å². The third kappa shape index (κ3) is 4.33. The minimum Gasteiger partial charge on any atom is -0.367 e. The van der Waals surface area contributed by atoms with Crippen LogP contribution in [-0.2, 0) is 16.1 Å². The van der Waals surface area contributed by atoms with Gasteiger partial charge < -0.3 is 15.0 Å². The first kappa shape index (κ1) is 14.0. The van der Waals surface area contributed by atoms with E-state index in [4.69, 9.17) is 4.74 Å². The van der Waals surface area contributed by atoms with Gasteiger partial charge in [0.2, 0.25) is 5.91 Å². The second-order valence-corrected chi connectivity index (χ2v) is 4.96. The first-order chi connectivity index (χ1) is 9.27. The lowest BCUT2D eigenvalue weighted by Gasteiger charge is -2.31. The molecule has 0 unspecified atom stereocenters. The van der Waals surface area contributed by atoms with Crippen LogP contribution in [0.5, 0.6) is 0 Å². The topological polar surface area (TPSA) is 41.6 Å². The predicted octanol–water partition coefficient (Wildman–Crippen LogP) is 1.41. The average molecular weight is 262 g/mol. The first-order valence-electron chi connectivity index (χ1n) is 6.85. The molecule has 1 aliphatic heterocycles. The van der Waals surface area contributed by atoms with Crippen LogP contribution in [0.15, 0.2) is 30.3 Å². The summed E-state index contributed by atoms with van der Waals surface area (Å²) in [4.78, 5) is 13.9. The summed E-state index contributed by atoms with van der Waals surface area (Å²) in [5.41, 5.74) is 1.10. The van der Waals surface area contributed by atoms with Crippen LogP contribution in [0.4, 0.5) is 0 Å². The highest BCUT2D eigenvalue weighted by Crippen LogP contribution is 2.10. The number of carbonyl (C=O) groups excluding carboxylic acids is 1. The fraction of sp³-hybridized carbons (Fsp3) is 0.533. The molecule has 0 atom stereocenters. The third-order valence-corrected chi connectivity index (χ3v) is 3.59. The summed E-state index contributed by atoms with van der Waals surface area (Å²) in [6.45, 7) is 2.64. The van der Waals surface area contributed by atoms with Gasteiger partial charge in [-0.15, -0.1) is 0 Å². The Balaban J connectivity index is 1.71. The lowest BCUT2D eigenvalue weighted by molar-refractivity contribution is -0.137. The molecule has 1 amide bonds. The van der Waals surface area contributed by atoms with Crippen molar-refractivity contribution < 1.29 is 9.53 Å².